The molecule has 2 aliphatic rings. The lowest BCUT2D eigenvalue weighted by atomic mass is 9.99. The van der Waals surface area contributed by atoms with Crippen molar-refractivity contribution in [3.63, 3.8) is 0 Å². The number of benzene rings is 1. The average Bonchev–Trinajstić information content (AvgIpc) is 2.56. The zero-order valence-electron chi connectivity index (χ0n) is 15.0. The highest BCUT2D eigenvalue weighted by Crippen LogP contribution is 2.39. The summed E-state index contributed by atoms with van der Waals surface area (Å²) in [4.78, 5) is 28.9. The van der Waals surface area contributed by atoms with Crippen LogP contribution in [0.15, 0.2) is 18.2 Å². The fraction of sp³-hybridized carbons (Fsp3) is 0.579. The Hall–Kier alpha value is -1.75. The third-order valence-corrected chi connectivity index (χ3v) is 5.26. The van der Waals surface area contributed by atoms with E-state index in [0.29, 0.717) is 35.3 Å². The van der Waals surface area contributed by atoms with Gasteiger partial charge in [-0.25, -0.2) is 0 Å². The number of amides is 2. The number of fused-ring (bicyclic) bond motifs is 1. The van der Waals surface area contributed by atoms with Gasteiger partial charge in [0.25, 0.3) is 5.91 Å². The number of likely N-dealkylation sites (tertiary alicyclic amines) is 1. The van der Waals surface area contributed by atoms with Crippen molar-refractivity contribution in [1.82, 2.24) is 4.90 Å². The van der Waals surface area contributed by atoms with Gasteiger partial charge in [0.05, 0.1) is 5.69 Å². The molecule has 2 heterocycles. The van der Waals surface area contributed by atoms with Crippen LogP contribution in [0.3, 0.4) is 0 Å². The number of piperidine rings is 1. The lowest BCUT2D eigenvalue weighted by Crippen LogP contribution is -2.53. The van der Waals surface area contributed by atoms with E-state index in [2.05, 4.69) is 6.92 Å². The predicted molar refractivity (Wildman–Crippen MR) is 98.1 cm³/mol. The maximum absolute atomic E-state index is 12.8. The maximum Gasteiger partial charge on any atom is 0.270 e. The number of carbonyl (C=O) groups excluding carboxylic acids is 2. The van der Waals surface area contributed by atoms with E-state index in [4.69, 9.17) is 16.3 Å². The van der Waals surface area contributed by atoms with E-state index in [9.17, 15) is 9.59 Å². The molecule has 1 fully saturated rings. The van der Waals surface area contributed by atoms with E-state index in [1.165, 1.54) is 0 Å². The molecule has 136 valence electrons. The molecule has 0 N–H and O–H groups in total. The third-order valence-electron chi connectivity index (χ3n) is 5.02. The van der Waals surface area contributed by atoms with Crippen LogP contribution in [0.25, 0.3) is 0 Å². The summed E-state index contributed by atoms with van der Waals surface area (Å²) < 4.78 is 5.81. The summed E-state index contributed by atoms with van der Waals surface area (Å²) in [6.07, 6.45) is 2.41. The Labute approximate surface area is 153 Å². The van der Waals surface area contributed by atoms with Crippen molar-refractivity contribution in [1.29, 1.82) is 0 Å². The molecule has 6 heteroatoms. The van der Waals surface area contributed by atoms with E-state index >= 15 is 0 Å². The molecule has 1 aromatic carbocycles. The van der Waals surface area contributed by atoms with Crippen LogP contribution in [0.5, 0.6) is 5.75 Å². The van der Waals surface area contributed by atoms with Gasteiger partial charge in [-0.3, -0.25) is 9.59 Å². The van der Waals surface area contributed by atoms with Crippen LogP contribution in [0.1, 0.15) is 40.0 Å². The molecule has 2 aliphatic heterocycles. The molecule has 5 nitrogen and oxygen atoms in total. The number of ether oxygens (including phenoxy) is 1. The molecular weight excluding hydrogens is 340 g/mol. The molecule has 0 saturated carbocycles. The van der Waals surface area contributed by atoms with E-state index in [1.54, 1.807) is 36.9 Å². The molecule has 1 aromatic rings. The molecular formula is C19H25ClN2O3. The van der Waals surface area contributed by atoms with Gasteiger partial charge < -0.3 is 14.5 Å². The normalized spacial score (nSPS) is 20.2. The topological polar surface area (TPSA) is 49.9 Å². The minimum Gasteiger partial charge on any atom is -0.476 e. The van der Waals surface area contributed by atoms with Crippen molar-refractivity contribution < 1.29 is 14.3 Å². The largest absolute Gasteiger partial charge is 0.476 e. The number of anilines is 1. The first-order valence-electron chi connectivity index (χ1n) is 8.86. The highest BCUT2D eigenvalue weighted by molar-refractivity contribution is 6.31. The Morgan fingerprint density at radius 2 is 2.00 bits per heavy atom. The Morgan fingerprint density at radius 3 is 2.68 bits per heavy atom. The summed E-state index contributed by atoms with van der Waals surface area (Å²) in [7, 11) is 0. The van der Waals surface area contributed by atoms with Gasteiger partial charge in [0.1, 0.15) is 5.75 Å². The van der Waals surface area contributed by atoms with Crippen LogP contribution < -0.4 is 9.64 Å². The van der Waals surface area contributed by atoms with Crippen LogP contribution in [-0.2, 0) is 9.59 Å². The van der Waals surface area contributed by atoms with Gasteiger partial charge in [-0.05, 0) is 50.8 Å². The van der Waals surface area contributed by atoms with Crippen molar-refractivity contribution in [2.24, 2.45) is 5.92 Å². The van der Waals surface area contributed by atoms with Crippen LogP contribution in [0.4, 0.5) is 5.69 Å². The highest BCUT2D eigenvalue weighted by atomic mass is 35.5. The third kappa shape index (κ3) is 3.76. The molecule has 25 heavy (non-hydrogen) atoms. The molecule has 0 aliphatic carbocycles. The van der Waals surface area contributed by atoms with Crippen molar-refractivity contribution in [3.8, 4) is 5.75 Å². The Morgan fingerprint density at radius 1 is 1.32 bits per heavy atom. The summed E-state index contributed by atoms with van der Waals surface area (Å²) in [6, 6.07) is 5.23. The Bertz CT molecular complexity index is 681. The first-order chi connectivity index (χ1) is 11.8. The summed E-state index contributed by atoms with van der Waals surface area (Å²) in [5.74, 6) is 1.25. The standard InChI is InChI=1S/C19H25ClN2O3/c1-13-6-9-21(10-7-13)17(23)8-11-22-15-12-14(20)4-5-16(15)25-19(2,3)18(22)24/h4-5,12-13H,6-11H2,1-3H3. The number of carbonyl (C=O) groups is 2. The Balaban J connectivity index is 1.73. The quantitative estimate of drug-likeness (QED) is 0.824. The second-order valence-corrected chi connectivity index (χ2v) is 7.93. The maximum atomic E-state index is 12.8. The van der Waals surface area contributed by atoms with Gasteiger partial charge in [-0.2, -0.15) is 0 Å². The smallest absolute Gasteiger partial charge is 0.270 e. The van der Waals surface area contributed by atoms with Crippen LogP contribution in [-0.4, -0.2) is 41.9 Å². The summed E-state index contributed by atoms with van der Waals surface area (Å²) >= 11 is 6.09. The van der Waals surface area contributed by atoms with Gasteiger partial charge in [0, 0.05) is 31.1 Å². The van der Waals surface area contributed by atoms with Gasteiger partial charge in [-0.15, -0.1) is 0 Å². The fourth-order valence-corrected chi connectivity index (χ4v) is 3.55. The second kappa shape index (κ2) is 6.87. The van der Waals surface area contributed by atoms with Crippen molar-refractivity contribution in [2.75, 3.05) is 24.5 Å². The molecule has 0 radical (unpaired) electrons. The van der Waals surface area contributed by atoms with Crippen LogP contribution >= 0.6 is 11.6 Å². The number of hydrogen-bond acceptors (Lipinski definition) is 3. The monoisotopic (exact) mass is 364 g/mol. The lowest BCUT2D eigenvalue weighted by Gasteiger charge is -2.39. The number of rotatable bonds is 3. The zero-order chi connectivity index (χ0) is 18.2. The first-order valence-corrected chi connectivity index (χ1v) is 9.24. The van der Waals surface area contributed by atoms with Crippen LogP contribution in [0, 0.1) is 5.92 Å². The molecule has 3 rings (SSSR count). The SMILES string of the molecule is CC1CCN(C(=O)CCN2C(=O)C(C)(C)Oc3ccc(Cl)cc32)CC1. The fourth-order valence-electron chi connectivity index (χ4n) is 3.39. The number of hydrogen-bond donors (Lipinski definition) is 0. The molecule has 2 amide bonds. The molecule has 0 unspecified atom stereocenters. The number of nitrogens with zero attached hydrogens (tertiary/aromatic N) is 2. The minimum absolute atomic E-state index is 0.104. The minimum atomic E-state index is -0.954. The summed E-state index contributed by atoms with van der Waals surface area (Å²) in [5.41, 5.74) is -0.318. The predicted octanol–water partition coefficient (Wildman–Crippen LogP) is 3.49. The lowest BCUT2D eigenvalue weighted by molar-refractivity contribution is -0.134. The molecule has 0 atom stereocenters. The zero-order valence-corrected chi connectivity index (χ0v) is 15.8. The van der Waals surface area contributed by atoms with E-state index in [1.807, 2.05) is 4.90 Å². The summed E-state index contributed by atoms with van der Waals surface area (Å²) in [5, 5.41) is 0.538. The van der Waals surface area contributed by atoms with Crippen LogP contribution in [0.2, 0.25) is 5.02 Å². The Kier molecular flexibility index (Phi) is 4.96. The van der Waals surface area contributed by atoms with Crippen molar-refractivity contribution in [3.05, 3.63) is 23.2 Å². The van der Waals surface area contributed by atoms with Gasteiger partial charge >= 0.3 is 0 Å². The first kappa shape index (κ1) is 18.1. The van der Waals surface area contributed by atoms with Crippen molar-refractivity contribution in [2.45, 2.75) is 45.6 Å². The highest BCUT2D eigenvalue weighted by Gasteiger charge is 2.41. The molecule has 0 spiro atoms. The van der Waals surface area contributed by atoms with E-state index in [0.717, 1.165) is 25.9 Å². The van der Waals surface area contributed by atoms with E-state index in [-0.39, 0.29) is 11.8 Å². The van der Waals surface area contributed by atoms with Gasteiger partial charge in [-0.1, -0.05) is 18.5 Å². The summed E-state index contributed by atoms with van der Waals surface area (Å²) in [6.45, 7) is 7.66. The molecule has 0 aromatic heterocycles. The molecule has 0 bridgehead atoms. The van der Waals surface area contributed by atoms with Crippen molar-refractivity contribution >= 4 is 29.1 Å². The average molecular weight is 365 g/mol. The number of halogens is 1. The van der Waals surface area contributed by atoms with Gasteiger partial charge in [0.2, 0.25) is 5.91 Å². The second-order valence-electron chi connectivity index (χ2n) is 7.49. The van der Waals surface area contributed by atoms with Gasteiger partial charge in [0.15, 0.2) is 5.60 Å². The van der Waals surface area contributed by atoms with E-state index < -0.39 is 5.60 Å². The molecule has 1 saturated heterocycles.